The lowest BCUT2D eigenvalue weighted by Crippen LogP contribution is -2.48. The van der Waals surface area contributed by atoms with E-state index in [2.05, 4.69) is 26.9 Å². The highest BCUT2D eigenvalue weighted by atomic mass is 79.9. The van der Waals surface area contributed by atoms with Gasteiger partial charge in [0.2, 0.25) is 0 Å². The van der Waals surface area contributed by atoms with Crippen LogP contribution in [0.4, 0.5) is 4.39 Å². The third-order valence-electron chi connectivity index (χ3n) is 4.57. The summed E-state index contributed by atoms with van der Waals surface area (Å²) in [7, 11) is 1.67. The van der Waals surface area contributed by atoms with E-state index in [-0.39, 0.29) is 11.7 Å². The van der Waals surface area contributed by atoms with Gasteiger partial charge >= 0.3 is 11.9 Å². The molecule has 0 aliphatic carbocycles. The third-order valence-corrected chi connectivity index (χ3v) is 5.06. The van der Waals surface area contributed by atoms with Crippen LogP contribution in [0.3, 0.4) is 0 Å². The van der Waals surface area contributed by atoms with E-state index < -0.39 is 11.9 Å². The zero-order valence-electron chi connectivity index (χ0n) is 16.8. The number of aliphatic carboxylic acids is 2. The van der Waals surface area contributed by atoms with Crippen molar-refractivity contribution in [1.82, 2.24) is 9.80 Å². The van der Waals surface area contributed by atoms with Crippen LogP contribution in [-0.4, -0.2) is 71.1 Å². The van der Waals surface area contributed by atoms with Gasteiger partial charge in [0.05, 0.1) is 7.11 Å². The maximum absolute atomic E-state index is 13.0. The second-order valence-electron chi connectivity index (χ2n) is 6.64. The second kappa shape index (κ2) is 11.4. The molecule has 0 aromatic heterocycles. The van der Waals surface area contributed by atoms with Gasteiger partial charge in [0.25, 0.3) is 5.91 Å². The molecule has 1 saturated heterocycles. The molecule has 1 aliphatic heterocycles. The quantitative estimate of drug-likeness (QED) is 0.626. The molecule has 0 spiro atoms. The van der Waals surface area contributed by atoms with Gasteiger partial charge in [-0.25, -0.2) is 14.0 Å². The first-order valence-corrected chi connectivity index (χ1v) is 10.1. The molecule has 1 heterocycles. The fraction of sp³-hybridized carbons (Fsp3) is 0.286. The van der Waals surface area contributed by atoms with Crippen molar-refractivity contribution in [3.63, 3.8) is 0 Å². The molecule has 0 atom stereocenters. The van der Waals surface area contributed by atoms with Crippen LogP contribution in [0.5, 0.6) is 5.75 Å². The number of carboxylic acid groups (broad SMARTS) is 2. The van der Waals surface area contributed by atoms with E-state index in [0.717, 1.165) is 35.4 Å². The Balaban J connectivity index is 0.000000501. The number of hydrogen-bond acceptors (Lipinski definition) is 5. The normalized spacial score (nSPS) is 13.7. The summed E-state index contributed by atoms with van der Waals surface area (Å²) in [6.45, 7) is 3.69. The number of nitrogens with zero attached hydrogens (tertiary/aromatic N) is 2. The lowest BCUT2D eigenvalue weighted by Gasteiger charge is -2.35. The van der Waals surface area contributed by atoms with Gasteiger partial charge in [-0.3, -0.25) is 9.69 Å². The number of amides is 1. The van der Waals surface area contributed by atoms with Gasteiger partial charge in [-0.15, -0.1) is 0 Å². The highest BCUT2D eigenvalue weighted by molar-refractivity contribution is 9.10. The molecule has 0 radical (unpaired) electrons. The first-order valence-electron chi connectivity index (χ1n) is 9.27. The Morgan fingerprint density at radius 1 is 1.00 bits per heavy atom. The maximum atomic E-state index is 13.0. The number of hydrogen-bond donors (Lipinski definition) is 2. The van der Waals surface area contributed by atoms with Gasteiger partial charge in [-0.2, -0.15) is 0 Å². The lowest BCUT2D eigenvalue weighted by atomic mass is 10.1. The SMILES string of the molecule is COc1ccc(Br)cc1CN1CCN(C(=O)c2ccc(F)cc2)CC1.O=C(O)C(=O)O. The third kappa shape index (κ3) is 7.34. The van der Waals surface area contributed by atoms with Crippen molar-refractivity contribution in [3.8, 4) is 5.75 Å². The van der Waals surface area contributed by atoms with Gasteiger partial charge < -0.3 is 19.8 Å². The molecule has 3 rings (SSSR count). The van der Waals surface area contributed by atoms with Crippen LogP contribution in [0.1, 0.15) is 15.9 Å². The van der Waals surface area contributed by atoms with Gasteiger partial charge in [0.15, 0.2) is 0 Å². The Morgan fingerprint density at radius 3 is 2.10 bits per heavy atom. The molecule has 1 amide bonds. The topological polar surface area (TPSA) is 107 Å². The number of piperazine rings is 1. The molecule has 1 fully saturated rings. The van der Waals surface area contributed by atoms with E-state index in [1.807, 2.05) is 17.0 Å². The highest BCUT2D eigenvalue weighted by Crippen LogP contribution is 2.25. The highest BCUT2D eigenvalue weighted by Gasteiger charge is 2.22. The summed E-state index contributed by atoms with van der Waals surface area (Å²) < 4.78 is 19.4. The minimum absolute atomic E-state index is 0.0420. The smallest absolute Gasteiger partial charge is 0.414 e. The molecule has 1 aliphatic rings. The van der Waals surface area contributed by atoms with Crippen LogP contribution >= 0.6 is 15.9 Å². The first-order chi connectivity index (χ1) is 14.7. The fourth-order valence-electron chi connectivity index (χ4n) is 3.00. The van der Waals surface area contributed by atoms with Crippen molar-refractivity contribution in [2.75, 3.05) is 33.3 Å². The van der Waals surface area contributed by atoms with Crippen molar-refractivity contribution >= 4 is 33.8 Å². The van der Waals surface area contributed by atoms with Crippen LogP contribution in [0, 0.1) is 5.82 Å². The van der Waals surface area contributed by atoms with Crippen molar-refractivity contribution in [2.45, 2.75) is 6.54 Å². The Bertz CT molecular complexity index is 918. The number of benzene rings is 2. The molecule has 0 bridgehead atoms. The Morgan fingerprint density at radius 2 is 1.58 bits per heavy atom. The van der Waals surface area contributed by atoms with Crippen molar-refractivity contribution in [1.29, 1.82) is 0 Å². The monoisotopic (exact) mass is 496 g/mol. The van der Waals surface area contributed by atoms with Gasteiger partial charge in [-0.05, 0) is 42.5 Å². The largest absolute Gasteiger partial charge is 0.496 e. The van der Waals surface area contributed by atoms with Crippen molar-refractivity contribution < 1.29 is 33.7 Å². The van der Waals surface area contributed by atoms with Gasteiger partial charge in [0, 0.05) is 48.3 Å². The average molecular weight is 497 g/mol. The van der Waals surface area contributed by atoms with Crippen LogP contribution in [0.2, 0.25) is 0 Å². The molecule has 2 aromatic carbocycles. The molecule has 2 aromatic rings. The second-order valence-corrected chi connectivity index (χ2v) is 7.56. The molecule has 2 N–H and O–H groups in total. The Labute approximate surface area is 187 Å². The molecular formula is C21H22BrFN2O6. The average Bonchev–Trinajstić information content (AvgIpc) is 2.75. The molecule has 0 saturated carbocycles. The Kier molecular flexibility index (Phi) is 8.95. The first kappa shape index (κ1) is 24.3. The van der Waals surface area contributed by atoms with E-state index in [9.17, 15) is 9.18 Å². The lowest BCUT2D eigenvalue weighted by molar-refractivity contribution is -0.159. The summed E-state index contributed by atoms with van der Waals surface area (Å²) >= 11 is 3.50. The minimum atomic E-state index is -1.82. The molecule has 166 valence electrons. The van der Waals surface area contributed by atoms with Crippen molar-refractivity contribution in [2.24, 2.45) is 0 Å². The Hall–Kier alpha value is -2.98. The van der Waals surface area contributed by atoms with E-state index in [4.69, 9.17) is 24.5 Å². The van der Waals surface area contributed by atoms with Gasteiger partial charge in [0.1, 0.15) is 11.6 Å². The van der Waals surface area contributed by atoms with Crippen LogP contribution in [0.25, 0.3) is 0 Å². The van der Waals surface area contributed by atoms with E-state index in [1.54, 1.807) is 7.11 Å². The number of methoxy groups -OCH3 is 1. The summed E-state index contributed by atoms with van der Waals surface area (Å²) in [4.78, 5) is 34.8. The predicted molar refractivity (Wildman–Crippen MR) is 114 cm³/mol. The summed E-state index contributed by atoms with van der Waals surface area (Å²) in [5.74, 6) is -3.15. The number of rotatable bonds is 4. The maximum Gasteiger partial charge on any atom is 0.414 e. The molecule has 10 heteroatoms. The minimum Gasteiger partial charge on any atom is -0.496 e. The number of halogens is 2. The molecule has 0 unspecified atom stereocenters. The fourth-order valence-corrected chi connectivity index (χ4v) is 3.40. The van der Waals surface area contributed by atoms with E-state index in [1.165, 1.54) is 24.3 Å². The van der Waals surface area contributed by atoms with Crippen LogP contribution in [-0.2, 0) is 16.1 Å². The van der Waals surface area contributed by atoms with Crippen LogP contribution < -0.4 is 4.74 Å². The summed E-state index contributed by atoms with van der Waals surface area (Å²) in [5.41, 5.74) is 1.65. The molecule has 8 nitrogen and oxygen atoms in total. The van der Waals surface area contributed by atoms with Gasteiger partial charge in [-0.1, -0.05) is 15.9 Å². The predicted octanol–water partition coefficient (Wildman–Crippen LogP) is 2.71. The molecule has 31 heavy (non-hydrogen) atoms. The summed E-state index contributed by atoms with van der Waals surface area (Å²) in [6, 6.07) is 11.7. The van der Waals surface area contributed by atoms with Crippen LogP contribution in [0.15, 0.2) is 46.9 Å². The summed E-state index contributed by atoms with van der Waals surface area (Å²) in [6.07, 6.45) is 0. The number of ether oxygens (including phenoxy) is 1. The number of carboxylic acids is 2. The van der Waals surface area contributed by atoms with Crippen molar-refractivity contribution in [3.05, 3.63) is 63.9 Å². The number of carbonyl (C=O) groups excluding carboxylic acids is 1. The summed E-state index contributed by atoms with van der Waals surface area (Å²) in [5, 5.41) is 14.8. The zero-order valence-corrected chi connectivity index (χ0v) is 18.3. The molecular weight excluding hydrogens is 475 g/mol. The van der Waals surface area contributed by atoms with E-state index in [0.29, 0.717) is 18.7 Å². The standard InChI is InChI=1S/C19H20BrFN2O2.C2H2O4/c1-25-18-7-4-16(20)12-15(18)13-22-8-10-23(11-9-22)19(24)14-2-5-17(21)6-3-14;3-1(4)2(5)6/h2-7,12H,8-11,13H2,1H3;(H,3,4)(H,5,6). The number of carbonyl (C=O) groups is 3. The van der Waals surface area contributed by atoms with E-state index >= 15 is 0 Å². The zero-order chi connectivity index (χ0) is 23.0.